The first-order chi connectivity index (χ1) is 13.4. The van der Waals surface area contributed by atoms with Gasteiger partial charge < -0.3 is 4.74 Å². The number of pyridine rings is 1. The van der Waals surface area contributed by atoms with Gasteiger partial charge in [0.1, 0.15) is 6.10 Å². The normalized spacial score (nSPS) is 16.2. The lowest BCUT2D eigenvalue weighted by Crippen LogP contribution is -2.47. The third kappa shape index (κ3) is 4.42. The summed E-state index contributed by atoms with van der Waals surface area (Å²) in [7, 11) is 0. The van der Waals surface area contributed by atoms with Crippen molar-refractivity contribution in [2.24, 2.45) is 5.92 Å². The van der Waals surface area contributed by atoms with Crippen LogP contribution >= 0.6 is 0 Å². The first-order valence-electron chi connectivity index (χ1n) is 10.1. The fraction of sp³-hybridized carbons (Fsp3) is 0.478. The van der Waals surface area contributed by atoms with Crippen LogP contribution in [0.5, 0.6) is 0 Å². The Kier molecular flexibility index (Phi) is 6.47. The van der Waals surface area contributed by atoms with Crippen molar-refractivity contribution in [2.75, 3.05) is 6.61 Å². The number of hydrogen-bond donors (Lipinski definition) is 0. The van der Waals surface area contributed by atoms with Gasteiger partial charge >= 0.3 is 5.97 Å². The molecular weight excluding hydrogens is 352 g/mol. The van der Waals surface area contributed by atoms with Gasteiger partial charge in [-0.2, -0.15) is 9.63 Å². The number of carbonyl (C=O) groups is 1. The van der Waals surface area contributed by atoms with Crippen LogP contribution in [0.4, 0.5) is 0 Å². The summed E-state index contributed by atoms with van der Waals surface area (Å²) < 4.78 is 7.11. The fourth-order valence-corrected chi connectivity index (χ4v) is 3.71. The molecule has 1 aliphatic rings. The molecule has 5 nitrogen and oxygen atoms in total. The van der Waals surface area contributed by atoms with Gasteiger partial charge in [-0.15, -0.1) is 0 Å². The van der Waals surface area contributed by atoms with Crippen LogP contribution in [-0.2, 0) is 16.1 Å². The predicted octanol–water partition coefficient (Wildman–Crippen LogP) is 4.24. The van der Waals surface area contributed by atoms with Crippen LogP contribution in [0, 0.1) is 5.92 Å². The van der Waals surface area contributed by atoms with Crippen molar-refractivity contribution in [1.82, 2.24) is 5.06 Å². The van der Waals surface area contributed by atoms with Gasteiger partial charge in [0.05, 0.1) is 6.04 Å². The Morgan fingerprint density at radius 1 is 1.04 bits per heavy atom. The van der Waals surface area contributed by atoms with Crippen LogP contribution in [0.2, 0.25) is 0 Å². The zero-order valence-corrected chi connectivity index (χ0v) is 17.5. The zero-order valence-electron chi connectivity index (χ0n) is 17.5. The molecule has 0 N–H and O–H groups in total. The van der Waals surface area contributed by atoms with Crippen molar-refractivity contribution < 1.29 is 18.9 Å². The molecule has 2 unspecified atom stereocenters. The van der Waals surface area contributed by atoms with E-state index in [4.69, 9.17) is 9.57 Å². The van der Waals surface area contributed by atoms with Crippen LogP contribution in [0.25, 0.3) is 0 Å². The van der Waals surface area contributed by atoms with Crippen LogP contribution in [0.15, 0.2) is 48.7 Å². The van der Waals surface area contributed by atoms with Gasteiger partial charge in [0.15, 0.2) is 19.3 Å². The van der Waals surface area contributed by atoms with E-state index in [0.29, 0.717) is 24.8 Å². The summed E-state index contributed by atoms with van der Waals surface area (Å²) in [5.41, 5.74) is 2.79. The van der Waals surface area contributed by atoms with E-state index < -0.39 is 0 Å². The second-order valence-electron chi connectivity index (χ2n) is 7.98. The highest BCUT2D eigenvalue weighted by Gasteiger charge is 2.31. The Morgan fingerprint density at radius 2 is 1.75 bits per heavy atom. The van der Waals surface area contributed by atoms with Crippen molar-refractivity contribution >= 4 is 5.97 Å². The molecule has 0 amide bonds. The quantitative estimate of drug-likeness (QED) is 0.407. The Balaban J connectivity index is 1.86. The average molecular weight is 384 g/mol. The minimum atomic E-state index is -0.273. The first-order valence-corrected chi connectivity index (χ1v) is 10.1. The standard InChI is InChI=1S/C23H31N2O3/c1-16(2)22(19-9-7-6-8-10-19)25(17(3)4)28-18(5)20-11-12-24-13-14-27-23(26)21(24)15-20/h6-12,15-18,22H,13-14H2,1-5H3/q+1. The lowest BCUT2D eigenvalue weighted by Gasteiger charge is -2.38. The lowest BCUT2D eigenvalue weighted by atomic mass is 9.95. The summed E-state index contributed by atoms with van der Waals surface area (Å²) in [6.45, 7) is 11.9. The van der Waals surface area contributed by atoms with Crippen molar-refractivity contribution in [1.29, 1.82) is 0 Å². The molecule has 1 aromatic carbocycles. The maximum absolute atomic E-state index is 12.1. The molecule has 0 spiro atoms. The molecule has 28 heavy (non-hydrogen) atoms. The summed E-state index contributed by atoms with van der Waals surface area (Å²) in [4.78, 5) is 18.6. The van der Waals surface area contributed by atoms with E-state index in [-0.39, 0.29) is 24.2 Å². The third-order valence-electron chi connectivity index (χ3n) is 5.14. The van der Waals surface area contributed by atoms with Crippen LogP contribution < -0.4 is 4.57 Å². The Labute approximate surface area is 167 Å². The molecule has 0 radical (unpaired) electrons. The smallest absolute Gasteiger partial charge is 0.403 e. The van der Waals surface area contributed by atoms with Crippen molar-refractivity contribution in [2.45, 2.75) is 59.4 Å². The van der Waals surface area contributed by atoms with Crippen molar-refractivity contribution in [3.63, 3.8) is 0 Å². The van der Waals surface area contributed by atoms with E-state index in [2.05, 4.69) is 57.0 Å². The van der Waals surface area contributed by atoms with E-state index in [1.165, 1.54) is 5.56 Å². The largest absolute Gasteiger partial charge is 0.451 e. The number of ether oxygens (including phenoxy) is 1. The molecule has 150 valence electrons. The number of hydroxylamine groups is 2. The number of fused-ring (bicyclic) bond motifs is 1. The highest BCUT2D eigenvalue weighted by molar-refractivity contribution is 5.86. The summed E-state index contributed by atoms with van der Waals surface area (Å²) in [5, 5.41) is 2.09. The number of hydrogen-bond acceptors (Lipinski definition) is 4. The molecular formula is C23H31N2O3+. The second-order valence-corrected chi connectivity index (χ2v) is 7.98. The Bertz CT molecular complexity index is 805. The van der Waals surface area contributed by atoms with Crippen molar-refractivity contribution in [3.05, 3.63) is 65.5 Å². The number of carbonyl (C=O) groups excluding carboxylic acids is 1. The summed E-state index contributed by atoms with van der Waals surface area (Å²) in [6, 6.07) is 14.7. The van der Waals surface area contributed by atoms with E-state index in [9.17, 15) is 4.79 Å². The number of cyclic esters (lactones) is 1. The SMILES string of the molecule is CC(ON(C(C)C)C(c1ccccc1)C(C)C)c1cc[n+]2c(c1)C(=O)OCC2. The highest BCUT2D eigenvalue weighted by atomic mass is 16.7. The van der Waals surface area contributed by atoms with Gasteiger partial charge in [-0.3, -0.25) is 4.84 Å². The van der Waals surface area contributed by atoms with E-state index in [0.717, 1.165) is 5.56 Å². The minimum Gasteiger partial charge on any atom is -0.451 e. The van der Waals surface area contributed by atoms with Gasteiger partial charge in [-0.25, -0.2) is 4.79 Å². The number of nitrogens with zero attached hydrogens (tertiary/aromatic N) is 2. The molecule has 2 atom stereocenters. The molecule has 0 bridgehead atoms. The molecule has 3 rings (SSSR count). The zero-order chi connectivity index (χ0) is 20.3. The maximum atomic E-state index is 12.1. The second kappa shape index (κ2) is 8.84. The third-order valence-corrected chi connectivity index (χ3v) is 5.14. The lowest BCUT2D eigenvalue weighted by molar-refractivity contribution is -0.705. The number of rotatable bonds is 7. The van der Waals surface area contributed by atoms with Gasteiger partial charge in [0.2, 0.25) is 0 Å². The molecule has 5 heteroatoms. The van der Waals surface area contributed by atoms with Crippen LogP contribution in [-0.4, -0.2) is 23.7 Å². The average Bonchev–Trinajstić information content (AvgIpc) is 2.68. The molecule has 0 aliphatic carbocycles. The molecule has 1 aromatic heterocycles. The van der Waals surface area contributed by atoms with E-state index in [1.54, 1.807) is 0 Å². The number of benzene rings is 1. The molecule has 1 aliphatic heterocycles. The van der Waals surface area contributed by atoms with Gasteiger partial charge in [-0.05, 0) is 37.8 Å². The summed E-state index contributed by atoms with van der Waals surface area (Å²) in [5.74, 6) is 0.108. The summed E-state index contributed by atoms with van der Waals surface area (Å²) in [6.07, 6.45) is 1.76. The van der Waals surface area contributed by atoms with Gasteiger partial charge in [0.25, 0.3) is 5.69 Å². The highest BCUT2D eigenvalue weighted by Crippen LogP contribution is 2.33. The van der Waals surface area contributed by atoms with Crippen LogP contribution in [0.1, 0.15) is 68.4 Å². The molecule has 0 saturated heterocycles. The summed E-state index contributed by atoms with van der Waals surface area (Å²) >= 11 is 0. The van der Waals surface area contributed by atoms with Gasteiger partial charge in [0, 0.05) is 18.2 Å². The molecule has 0 saturated carbocycles. The predicted molar refractivity (Wildman–Crippen MR) is 107 cm³/mol. The fourth-order valence-electron chi connectivity index (χ4n) is 3.71. The number of aromatic nitrogens is 1. The number of esters is 1. The van der Waals surface area contributed by atoms with Crippen molar-refractivity contribution in [3.8, 4) is 0 Å². The Hall–Kier alpha value is -2.24. The van der Waals surface area contributed by atoms with E-state index in [1.807, 2.05) is 35.9 Å². The molecule has 2 aromatic rings. The first kappa shape index (κ1) is 20.5. The van der Waals surface area contributed by atoms with E-state index >= 15 is 0 Å². The molecule has 0 fully saturated rings. The maximum Gasteiger partial charge on any atom is 0.403 e. The monoisotopic (exact) mass is 383 g/mol. The van der Waals surface area contributed by atoms with Crippen LogP contribution in [0.3, 0.4) is 0 Å². The van der Waals surface area contributed by atoms with Gasteiger partial charge in [-0.1, -0.05) is 44.2 Å². The topological polar surface area (TPSA) is 42.7 Å². The molecule has 2 heterocycles. The Morgan fingerprint density at radius 3 is 2.39 bits per heavy atom. The minimum absolute atomic E-state index is 0.139.